The first-order valence-electron chi connectivity index (χ1n) is 8.58. The van der Waals surface area contributed by atoms with E-state index in [2.05, 4.69) is 12.2 Å². The highest BCUT2D eigenvalue weighted by atomic mass is 32.2. The van der Waals surface area contributed by atoms with E-state index in [-0.39, 0.29) is 29.0 Å². The smallest absolute Gasteiger partial charge is 0.221 e. The van der Waals surface area contributed by atoms with Gasteiger partial charge in [0, 0.05) is 18.5 Å². The molecule has 1 aromatic carbocycles. The monoisotopic (exact) mass is 371 g/mol. The van der Waals surface area contributed by atoms with Crippen LogP contribution in [0.15, 0.2) is 23.1 Å². The van der Waals surface area contributed by atoms with E-state index in [0.717, 1.165) is 25.7 Å². The summed E-state index contributed by atoms with van der Waals surface area (Å²) in [6.07, 6.45) is 4.16. The molecule has 0 aliphatic rings. The molecule has 1 N–H and O–H groups in total. The van der Waals surface area contributed by atoms with Crippen LogP contribution in [0.3, 0.4) is 0 Å². The Hall–Kier alpha value is -1.76. The molecular formula is C18H29NO5S. The number of benzene rings is 1. The van der Waals surface area contributed by atoms with Gasteiger partial charge in [0.05, 0.1) is 24.9 Å². The number of unbranched alkanes of at least 4 members (excludes halogenated alkanes) is 2. The van der Waals surface area contributed by atoms with Gasteiger partial charge in [-0.25, -0.2) is 8.42 Å². The molecule has 25 heavy (non-hydrogen) atoms. The van der Waals surface area contributed by atoms with Crippen molar-refractivity contribution in [1.82, 2.24) is 5.32 Å². The molecule has 1 aromatic rings. The molecule has 6 nitrogen and oxygen atoms in total. The van der Waals surface area contributed by atoms with Crippen LogP contribution in [0.2, 0.25) is 0 Å². The fourth-order valence-electron chi connectivity index (χ4n) is 2.47. The first-order valence-corrected chi connectivity index (χ1v) is 10.2. The van der Waals surface area contributed by atoms with Gasteiger partial charge in [0.15, 0.2) is 21.3 Å². The molecular weight excluding hydrogens is 342 g/mol. The number of hydrogen-bond acceptors (Lipinski definition) is 5. The first kappa shape index (κ1) is 21.3. The third-order valence-corrected chi connectivity index (χ3v) is 5.67. The maximum absolute atomic E-state index is 12.4. The van der Waals surface area contributed by atoms with Crippen LogP contribution >= 0.6 is 0 Å². The summed E-state index contributed by atoms with van der Waals surface area (Å²) in [6.45, 7) is 4.07. The number of hydrogen-bond donors (Lipinski definition) is 1. The highest BCUT2D eigenvalue weighted by Gasteiger charge is 2.19. The summed E-state index contributed by atoms with van der Waals surface area (Å²) >= 11 is 0. The van der Waals surface area contributed by atoms with E-state index in [9.17, 15) is 13.2 Å². The van der Waals surface area contributed by atoms with Crippen LogP contribution in [0, 0.1) is 0 Å². The lowest BCUT2D eigenvalue weighted by atomic mass is 10.1. The largest absolute Gasteiger partial charge is 0.493 e. The minimum Gasteiger partial charge on any atom is -0.493 e. The predicted molar refractivity (Wildman–Crippen MR) is 98.0 cm³/mol. The highest BCUT2D eigenvalue weighted by Crippen LogP contribution is 2.29. The Morgan fingerprint density at radius 1 is 1.16 bits per heavy atom. The van der Waals surface area contributed by atoms with Gasteiger partial charge in [0.2, 0.25) is 5.91 Å². The van der Waals surface area contributed by atoms with Crippen LogP contribution in [-0.2, 0) is 14.6 Å². The van der Waals surface area contributed by atoms with E-state index in [4.69, 9.17) is 9.47 Å². The number of sulfone groups is 1. The minimum atomic E-state index is -3.57. The van der Waals surface area contributed by atoms with Gasteiger partial charge in [-0.2, -0.15) is 0 Å². The van der Waals surface area contributed by atoms with E-state index < -0.39 is 9.84 Å². The van der Waals surface area contributed by atoms with Crippen molar-refractivity contribution in [2.24, 2.45) is 0 Å². The van der Waals surface area contributed by atoms with Crippen molar-refractivity contribution in [1.29, 1.82) is 0 Å². The normalized spacial score (nSPS) is 12.5. The minimum absolute atomic E-state index is 0.0582. The quantitative estimate of drug-likeness (QED) is 0.605. The van der Waals surface area contributed by atoms with E-state index in [1.165, 1.54) is 26.4 Å². The summed E-state index contributed by atoms with van der Waals surface area (Å²) < 4.78 is 35.1. The van der Waals surface area contributed by atoms with Gasteiger partial charge in [0.1, 0.15) is 0 Å². The Morgan fingerprint density at radius 3 is 2.44 bits per heavy atom. The number of rotatable bonds is 11. The molecule has 0 bridgehead atoms. The van der Waals surface area contributed by atoms with Gasteiger partial charge in [-0.05, 0) is 25.5 Å². The first-order chi connectivity index (χ1) is 11.8. The lowest BCUT2D eigenvalue weighted by Crippen LogP contribution is -2.33. The Labute approximate surface area is 150 Å². The number of carbonyl (C=O) groups excluding carboxylic acids is 1. The number of amides is 1. The third-order valence-electron chi connectivity index (χ3n) is 3.96. The molecule has 142 valence electrons. The molecule has 0 aromatic heterocycles. The van der Waals surface area contributed by atoms with Crippen molar-refractivity contribution in [3.05, 3.63) is 18.2 Å². The Balaban J connectivity index is 2.62. The number of nitrogens with one attached hydrogen (secondary N) is 1. The fraction of sp³-hybridized carbons (Fsp3) is 0.611. The second-order valence-corrected chi connectivity index (χ2v) is 8.16. The summed E-state index contributed by atoms with van der Waals surface area (Å²) in [5, 5.41) is 2.86. The average Bonchev–Trinajstić information content (AvgIpc) is 2.59. The number of ether oxygens (including phenoxy) is 2. The molecule has 0 aliphatic carbocycles. The zero-order valence-electron chi connectivity index (χ0n) is 15.5. The molecule has 1 atom stereocenters. The van der Waals surface area contributed by atoms with E-state index in [0.29, 0.717) is 11.5 Å². The topological polar surface area (TPSA) is 81.7 Å². The van der Waals surface area contributed by atoms with Crippen LogP contribution in [0.5, 0.6) is 11.5 Å². The standard InChI is InChI=1S/C18H29NO5S/c1-5-6-7-8-14(2)19-18(20)11-12-25(21,22)15-9-10-16(23-3)17(13-15)24-4/h9-10,13-14H,5-8,11-12H2,1-4H3,(H,19,20)/t14-/m0/s1. The summed E-state index contributed by atoms with van der Waals surface area (Å²) in [7, 11) is -0.636. The SMILES string of the molecule is CCCCC[C@H](C)NC(=O)CCS(=O)(=O)c1ccc(OC)c(OC)c1. The van der Waals surface area contributed by atoms with Crippen molar-refractivity contribution in [2.45, 2.75) is 56.9 Å². The molecule has 0 unspecified atom stereocenters. The Kier molecular flexibility index (Phi) is 8.75. The Morgan fingerprint density at radius 2 is 1.84 bits per heavy atom. The maximum atomic E-state index is 12.4. The summed E-state index contributed by atoms with van der Waals surface area (Å²) in [5.41, 5.74) is 0. The zero-order chi connectivity index (χ0) is 18.9. The molecule has 0 saturated carbocycles. The van der Waals surface area contributed by atoms with Crippen LogP contribution in [-0.4, -0.2) is 40.3 Å². The molecule has 0 spiro atoms. The molecule has 0 fully saturated rings. The van der Waals surface area contributed by atoms with Crippen LogP contribution < -0.4 is 14.8 Å². The van der Waals surface area contributed by atoms with Crippen LogP contribution in [0.1, 0.15) is 46.0 Å². The van der Waals surface area contributed by atoms with Crippen LogP contribution in [0.4, 0.5) is 0 Å². The van der Waals surface area contributed by atoms with Gasteiger partial charge < -0.3 is 14.8 Å². The fourth-order valence-corrected chi connectivity index (χ4v) is 3.73. The molecule has 1 rings (SSSR count). The molecule has 1 amide bonds. The van der Waals surface area contributed by atoms with Crippen molar-refractivity contribution >= 4 is 15.7 Å². The Bertz CT molecular complexity index is 657. The molecule has 0 radical (unpaired) electrons. The van der Waals surface area contributed by atoms with Gasteiger partial charge in [-0.3, -0.25) is 4.79 Å². The van der Waals surface area contributed by atoms with Crippen molar-refractivity contribution in [3.8, 4) is 11.5 Å². The van der Waals surface area contributed by atoms with Gasteiger partial charge in [-0.1, -0.05) is 26.2 Å². The zero-order valence-corrected chi connectivity index (χ0v) is 16.3. The molecule has 0 saturated heterocycles. The van der Waals surface area contributed by atoms with E-state index in [1.54, 1.807) is 6.07 Å². The lowest BCUT2D eigenvalue weighted by molar-refractivity contribution is -0.121. The second kappa shape index (κ2) is 10.3. The molecule has 7 heteroatoms. The maximum Gasteiger partial charge on any atom is 0.221 e. The lowest BCUT2D eigenvalue weighted by Gasteiger charge is -2.14. The number of methoxy groups -OCH3 is 2. The van der Waals surface area contributed by atoms with Gasteiger partial charge in [-0.15, -0.1) is 0 Å². The molecule has 0 heterocycles. The van der Waals surface area contributed by atoms with E-state index in [1.807, 2.05) is 6.92 Å². The summed E-state index contributed by atoms with van der Waals surface area (Å²) in [4.78, 5) is 12.1. The summed E-state index contributed by atoms with van der Waals surface area (Å²) in [6, 6.07) is 4.48. The van der Waals surface area contributed by atoms with Crippen molar-refractivity contribution in [3.63, 3.8) is 0 Å². The molecule has 0 aliphatic heterocycles. The van der Waals surface area contributed by atoms with Crippen LogP contribution in [0.25, 0.3) is 0 Å². The van der Waals surface area contributed by atoms with Gasteiger partial charge in [0.25, 0.3) is 0 Å². The summed E-state index contributed by atoms with van der Waals surface area (Å²) in [5.74, 6) is 0.321. The van der Waals surface area contributed by atoms with Gasteiger partial charge >= 0.3 is 0 Å². The highest BCUT2D eigenvalue weighted by molar-refractivity contribution is 7.91. The average molecular weight is 371 g/mol. The second-order valence-electron chi connectivity index (χ2n) is 6.05. The third kappa shape index (κ3) is 6.94. The van der Waals surface area contributed by atoms with Crippen molar-refractivity contribution < 1.29 is 22.7 Å². The number of carbonyl (C=O) groups is 1. The predicted octanol–water partition coefficient (Wildman–Crippen LogP) is 2.95. The van der Waals surface area contributed by atoms with Crippen molar-refractivity contribution in [2.75, 3.05) is 20.0 Å². The van der Waals surface area contributed by atoms with E-state index >= 15 is 0 Å².